The van der Waals surface area contributed by atoms with Crippen molar-refractivity contribution in [2.45, 2.75) is 38.1 Å². The Kier molecular flexibility index (Phi) is 3.98. The average molecular weight is 427 g/mol. The SMILES string of the molecule is CC1(C)c2c(-c3noc(C4CC4)n3)ncn2-c2ccccc2N1C(=O)Oc1ccccc1. The Hall–Kier alpha value is -3.94. The van der Waals surface area contributed by atoms with E-state index in [1.807, 2.05) is 60.9 Å². The Labute approximate surface area is 184 Å². The molecule has 0 unspecified atom stereocenters. The van der Waals surface area contributed by atoms with Crippen molar-refractivity contribution in [1.29, 1.82) is 0 Å². The molecule has 1 fully saturated rings. The van der Waals surface area contributed by atoms with Gasteiger partial charge in [-0.05, 0) is 51.0 Å². The summed E-state index contributed by atoms with van der Waals surface area (Å²) in [6.07, 6.45) is 3.42. The van der Waals surface area contributed by atoms with Gasteiger partial charge in [0.2, 0.25) is 11.7 Å². The summed E-state index contributed by atoms with van der Waals surface area (Å²) in [4.78, 5) is 24.3. The van der Waals surface area contributed by atoms with Gasteiger partial charge in [-0.1, -0.05) is 35.5 Å². The minimum absolute atomic E-state index is 0.348. The summed E-state index contributed by atoms with van der Waals surface area (Å²) >= 11 is 0. The van der Waals surface area contributed by atoms with E-state index in [0.717, 1.165) is 29.9 Å². The van der Waals surface area contributed by atoms with Crippen LogP contribution in [0.25, 0.3) is 17.2 Å². The van der Waals surface area contributed by atoms with Crippen molar-refractivity contribution in [3.05, 3.63) is 72.5 Å². The molecule has 0 saturated heterocycles. The lowest BCUT2D eigenvalue weighted by atomic mass is 9.92. The van der Waals surface area contributed by atoms with E-state index in [0.29, 0.717) is 29.1 Å². The third kappa shape index (κ3) is 2.83. The number of imidazole rings is 1. The smallest absolute Gasteiger partial charge is 0.410 e. The van der Waals surface area contributed by atoms with E-state index in [1.165, 1.54) is 0 Å². The van der Waals surface area contributed by atoms with Gasteiger partial charge in [-0.15, -0.1) is 0 Å². The molecule has 8 nitrogen and oxygen atoms in total. The molecule has 3 heterocycles. The van der Waals surface area contributed by atoms with Gasteiger partial charge < -0.3 is 9.26 Å². The molecule has 0 radical (unpaired) electrons. The summed E-state index contributed by atoms with van der Waals surface area (Å²) in [6.45, 7) is 3.93. The molecule has 6 rings (SSSR count). The molecule has 0 atom stereocenters. The highest BCUT2D eigenvalue weighted by atomic mass is 16.6. The third-order valence-electron chi connectivity index (χ3n) is 6.00. The van der Waals surface area contributed by atoms with E-state index in [2.05, 4.69) is 15.1 Å². The van der Waals surface area contributed by atoms with Gasteiger partial charge in [-0.3, -0.25) is 9.47 Å². The van der Waals surface area contributed by atoms with Crippen molar-refractivity contribution in [3.63, 3.8) is 0 Å². The van der Waals surface area contributed by atoms with Crippen molar-refractivity contribution < 1.29 is 14.1 Å². The fourth-order valence-corrected chi connectivity index (χ4v) is 4.33. The summed E-state index contributed by atoms with van der Waals surface area (Å²) in [5.41, 5.74) is 2.16. The number of rotatable bonds is 3. The Morgan fingerprint density at radius 2 is 1.78 bits per heavy atom. The lowest BCUT2D eigenvalue weighted by Crippen LogP contribution is -2.51. The van der Waals surface area contributed by atoms with Crippen LogP contribution in [0.3, 0.4) is 0 Å². The van der Waals surface area contributed by atoms with E-state index >= 15 is 0 Å². The zero-order valence-corrected chi connectivity index (χ0v) is 17.7. The molecule has 0 N–H and O–H groups in total. The number of nitrogens with zero attached hydrogens (tertiary/aromatic N) is 5. The number of ether oxygens (including phenoxy) is 1. The molecule has 8 heteroatoms. The minimum Gasteiger partial charge on any atom is -0.410 e. The number of para-hydroxylation sites is 3. The highest BCUT2D eigenvalue weighted by Gasteiger charge is 2.45. The van der Waals surface area contributed by atoms with Gasteiger partial charge in [0.25, 0.3) is 0 Å². The van der Waals surface area contributed by atoms with E-state index in [4.69, 9.17) is 9.26 Å². The molecule has 2 aromatic carbocycles. The second-order valence-corrected chi connectivity index (χ2v) is 8.61. The molecule has 1 saturated carbocycles. The molecule has 32 heavy (non-hydrogen) atoms. The predicted molar refractivity (Wildman–Crippen MR) is 117 cm³/mol. The van der Waals surface area contributed by atoms with Gasteiger partial charge >= 0.3 is 6.09 Å². The van der Waals surface area contributed by atoms with Crippen LogP contribution >= 0.6 is 0 Å². The summed E-state index contributed by atoms with van der Waals surface area (Å²) < 4.78 is 13.2. The fraction of sp³-hybridized carbons (Fsp3) is 0.250. The van der Waals surface area contributed by atoms with E-state index in [9.17, 15) is 4.79 Å². The van der Waals surface area contributed by atoms with Crippen molar-refractivity contribution in [1.82, 2.24) is 19.7 Å². The molecule has 0 spiro atoms. The van der Waals surface area contributed by atoms with Crippen LogP contribution in [-0.4, -0.2) is 25.8 Å². The summed E-state index contributed by atoms with van der Waals surface area (Å²) in [7, 11) is 0. The van der Waals surface area contributed by atoms with Crippen LogP contribution in [0.1, 0.15) is 44.2 Å². The number of anilines is 1. The molecule has 160 valence electrons. The predicted octanol–water partition coefficient (Wildman–Crippen LogP) is 5.05. The van der Waals surface area contributed by atoms with Gasteiger partial charge in [0.1, 0.15) is 17.8 Å². The van der Waals surface area contributed by atoms with Crippen LogP contribution in [0.4, 0.5) is 10.5 Å². The zero-order chi connectivity index (χ0) is 21.9. The Balaban J connectivity index is 1.48. The quantitative estimate of drug-likeness (QED) is 0.455. The molecule has 0 bridgehead atoms. The molecule has 1 aliphatic carbocycles. The first-order valence-corrected chi connectivity index (χ1v) is 10.6. The summed E-state index contributed by atoms with van der Waals surface area (Å²) in [5, 5.41) is 4.19. The van der Waals surface area contributed by atoms with Crippen molar-refractivity contribution in [3.8, 4) is 23.0 Å². The Morgan fingerprint density at radius 1 is 1.06 bits per heavy atom. The minimum atomic E-state index is -0.799. The Bertz CT molecular complexity index is 1320. The second kappa shape index (κ2) is 6.78. The highest BCUT2D eigenvalue weighted by Crippen LogP contribution is 2.46. The number of aromatic nitrogens is 4. The van der Waals surface area contributed by atoms with Gasteiger partial charge in [0, 0.05) is 5.92 Å². The molecule has 1 amide bonds. The second-order valence-electron chi connectivity index (χ2n) is 8.61. The van der Waals surface area contributed by atoms with Gasteiger partial charge in [0.05, 0.1) is 22.6 Å². The van der Waals surface area contributed by atoms with Gasteiger partial charge in [-0.2, -0.15) is 4.98 Å². The lowest BCUT2D eigenvalue weighted by molar-refractivity contribution is 0.199. The summed E-state index contributed by atoms with van der Waals surface area (Å²) in [6, 6.07) is 16.8. The van der Waals surface area contributed by atoms with Crippen molar-refractivity contribution in [2.75, 3.05) is 4.90 Å². The fourth-order valence-electron chi connectivity index (χ4n) is 4.33. The molecule has 1 aliphatic heterocycles. The van der Waals surface area contributed by atoms with Crippen LogP contribution in [0.5, 0.6) is 5.75 Å². The standard InChI is InChI=1S/C24H21N5O3/c1-24(2)20-19(21-26-22(32-27-21)15-12-13-15)25-14-28(20)17-10-6-7-11-18(17)29(24)23(30)31-16-8-4-3-5-9-16/h3-11,14-15H,12-13H2,1-2H3. The number of fused-ring (bicyclic) bond motifs is 3. The maximum atomic E-state index is 13.5. The number of hydrogen-bond donors (Lipinski definition) is 0. The van der Waals surface area contributed by atoms with Crippen LogP contribution in [0.2, 0.25) is 0 Å². The number of carbonyl (C=O) groups excluding carboxylic acids is 1. The normalized spacial score (nSPS) is 16.4. The topological polar surface area (TPSA) is 86.3 Å². The molecule has 2 aliphatic rings. The van der Waals surface area contributed by atoms with Crippen molar-refractivity contribution in [2.24, 2.45) is 0 Å². The number of carbonyl (C=O) groups is 1. The first-order chi connectivity index (χ1) is 15.5. The van der Waals surface area contributed by atoms with Crippen LogP contribution in [-0.2, 0) is 5.54 Å². The van der Waals surface area contributed by atoms with E-state index in [1.54, 1.807) is 23.4 Å². The maximum Gasteiger partial charge on any atom is 0.420 e. The number of hydrogen-bond acceptors (Lipinski definition) is 6. The highest BCUT2D eigenvalue weighted by molar-refractivity contribution is 5.95. The largest absolute Gasteiger partial charge is 0.420 e. The van der Waals surface area contributed by atoms with E-state index in [-0.39, 0.29) is 0 Å². The monoisotopic (exact) mass is 427 g/mol. The van der Waals surface area contributed by atoms with Crippen LogP contribution in [0, 0.1) is 0 Å². The number of amides is 1. The molecular weight excluding hydrogens is 406 g/mol. The summed E-state index contributed by atoms with van der Waals surface area (Å²) in [5.74, 6) is 1.92. The van der Waals surface area contributed by atoms with Crippen LogP contribution in [0.15, 0.2) is 65.4 Å². The Morgan fingerprint density at radius 3 is 2.53 bits per heavy atom. The van der Waals surface area contributed by atoms with Crippen LogP contribution < -0.4 is 9.64 Å². The molecule has 2 aromatic heterocycles. The maximum absolute atomic E-state index is 13.5. The first kappa shape index (κ1) is 18.8. The molecular formula is C24H21N5O3. The first-order valence-electron chi connectivity index (χ1n) is 10.6. The van der Waals surface area contributed by atoms with E-state index < -0.39 is 11.6 Å². The average Bonchev–Trinajstić information content (AvgIpc) is 3.33. The van der Waals surface area contributed by atoms with Gasteiger partial charge in [-0.25, -0.2) is 9.78 Å². The lowest BCUT2D eigenvalue weighted by Gasteiger charge is -2.43. The third-order valence-corrected chi connectivity index (χ3v) is 6.00. The molecule has 4 aromatic rings. The number of benzene rings is 2. The van der Waals surface area contributed by atoms with Gasteiger partial charge in [0.15, 0.2) is 0 Å². The van der Waals surface area contributed by atoms with Crippen molar-refractivity contribution >= 4 is 11.8 Å². The zero-order valence-electron chi connectivity index (χ0n) is 17.7.